The number of aromatic nitrogens is 2. The van der Waals surface area contributed by atoms with Gasteiger partial charge in [0.25, 0.3) is 5.56 Å². The number of aryl methyl sites for hydroxylation is 2. The van der Waals surface area contributed by atoms with Gasteiger partial charge in [-0.25, -0.2) is 4.98 Å². The minimum absolute atomic E-state index is 0.0678. The zero-order valence-corrected chi connectivity index (χ0v) is 12.7. The van der Waals surface area contributed by atoms with Gasteiger partial charge in [-0.1, -0.05) is 0 Å². The summed E-state index contributed by atoms with van der Waals surface area (Å²) in [5, 5.41) is 3.19. The molecule has 1 amide bonds. The smallest absolute Gasteiger partial charge is 0.254 e. The normalized spacial score (nSPS) is 18.0. The molecular formula is C16H23N3O2. The number of H-pyrrole nitrogens is 1. The molecule has 2 fully saturated rings. The number of hydrogen-bond donors (Lipinski definition) is 2. The van der Waals surface area contributed by atoms with E-state index in [1.807, 2.05) is 6.92 Å². The van der Waals surface area contributed by atoms with Gasteiger partial charge in [-0.3, -0.25) is 9.59 Å². The lowest BCUT2D eigenvalue weighted by Crippen LogP contribution is -2.38. The van der Waals surface area contributed by atoms with Crippen LogP contribution in [0.3, 0.4) is 0 Å². The van der Waals surface area contributed by atoms with Crippen LogP contribution in [0.1, 0.15) is 49.2 Å². The average molecular weight is 289 g/mol. The quantitative estimate of drug-likeness (QED) is 0.835. The molecule has 1 aromatic rings. The van der Waals surface area contributed by atoms with E-state index in [1.165, 1.54) is 25.7 Å². The van der Waals surface area contributed by atoms with Gasteiger partial charge < -0.3 is 10.3 Å². The fourth-order valence-corrected chi connectivity index (χ4v) is 3.07. The Morgan fingerprint density at radius 3 is 2.43 bits per heavy atom. The Balaban J connectivity index is 1.57. The fourth-order valence-electron chi connectivity index (χ4n) is 3.07. The first-order valence-corrected chi connectivity index (χ1v) is 7.90. The minimum Gasteiger partial charge on any atom is -0.353 e. The molecular weight excluding hydrogens is 266 g/mol. The summed E-state index contributed by atoms with van der Waals surface area (Å²) in [5.41, 5.74) is 1.24. The van der Waals surface area contributed by atoms with Crippen molar-refractivity contribution >= 4 is 5.91 Å². The van der Waals surface area contributed by atoms with Crippen molar-refractivity contribution in [2.75, 3.05) is 0 Å². The van der Waals surface area contributed by atoms with Crippen molar-refractivity contribution in [3.8, 4) is 0 Å². The first-order valence-electron chi connectivity index (χ1n) is 7.90. The van der Waals surface area contributed by atoms with Gasteiger partial charge >= 0.3 is 0 Å². The molecule has 2 aliphatic rings. The topological polar surface area (TPSA) is 74.8 Å². The van der Waals surface area contributed by atoms with E-state index in [0.717, 1.165) is 5.69 Å². The van der Waals surface area contributed by atoms with Crippen molar-refractivity contribution in [1.82, 2.24) is 15.3 Å². The monoisotopic (exact) mass is 289 g/mol. The Hall–Kier alpha value is -1.65. The minimum atomic E-state index is -0.117. The molecule has 1 heterocycles. The molecule has 114 valence electrons. The number of rotatable bonds is 6. The summed E-state index contributed by atoms with van der Waals surface area (Å²) in [6.45, 7) is 3.59. The van der Waals surface area contributed by atoms with Crippen LogP contribution < -0.4 is 10.9 Å². The van der Waals surface area contributed by atoms with E-state index in [9.17, 15) is 9.59 Å². The van der Waals surface area contributed by atoms with Gasteiger partial charge in [0.2, 0.25) is 5.91 Å². The van der Waals surface area contributed by atoms with Crippen LogP contribution in [0.5, 0.6) is 0 Å². The SMILES string of the molecule is Cc1nc(C)c(CCC(=O)NC(C2CC2)C2CC2)c(=O)[nH]1. The lowest BCUT2D eigenvalue weighted by molar-refractivity contribution is -0.122. The molecule has 0 radical (unpaired) electrons. The predicted octanol–water partition coefficient (Wildman–Crippen LogP) is 1.62. The molecule has 0 aliphatic heterocycles. The molecule has 5 nitrogen and oxygen atoms in total. The third kappa shape index (κ3) is 3.52. The second-order valence-electron chi connectivity index (χ2n) is 6.48. The third-order valence-corrected chi connectivity index (χ3v) is 4.53. The van der Waals surface area contributed by atoms with Gasteiger partial charge in [0.05, 0.1) is 0 Å². The summed E-state index contributed by atoms with van der Waals surface area (Å²) in [5.74, 6) is 2.09. The molecule has 3 rings (SSSR count). The highest BCUT2D eigenvalue weighted by Crippen LogP contribution is 2.44. The maximum atomic E-state index is 12.1. The number of carbonyl (C=O) groups excluding carboxylic acids is 1. The van der Waals surface area contributed by atoms with Crippen LogP contribution in [0.2, 0.25) is 0 Å². The number of nitrogens with zero attached hydrogens (tertiary/aromatic N) is 1. The van der Waals surface area contributed by atoms with Gasteiger partial charge in [-0.2, -0.15) is 0 Å². The summed E-state index contributed by atoms with van der Waals surface area (Å²) in [4.78, 5) is 31.0. The van der Waals surface area contributed by atoms with Crippen LogP contribution >= 0.6 is 0 Å². The van der Waals surface area contributed by atoms with E-state index in [2.05, 4.69) is 15.3 Å². The zero-order chi connectivity index (χ0) is 15.0. The Kier molecular flexibility index (Phi) is 3.83. The average Bonchev–Trinajstić information content (AvgIpc) is 3.26. The Morgan fingerprint density at radius 2 is 1.90 bits per heavy atom. The van der Waals surface area contributed by atoms with Gasteiger partial charge in [0, 0.05) is 23.7 Å². The molecule has 0 saturated heterocycles. The van der Waals surface area contributed by atoms with Crippen molar-refractivity contribution in [2.24, 2.45) is 11.8 Å². The summed E-state index contributed by atoms with van der Waals surface area (Å²) >= 11 is 0. The molecule has 5 heteroatoms. The standard InChI is InChI=1S/C16H23N3O2/c1-9-13(16(21)18-10(2)17-9)7-8-14(20)19-15(11-3-4-11)12-5-6-12/h11-12,15H,3-8H2,1-2H3,(H,19,20)(H,17,18,21). The number of aromatic amines is 1. The van der Waals surface area contributed by atoms with Crippen molar-refractivity contribution in [3.63, 3.8) is 0 Å². The molecule has 0 atom stereocenters. The second kappa shape index (κ2) is 5.62. The zero-order valence-electron chi connectivity index (χ0n) is 12.7. The largest absolute Gasteiger partial charge is 0.353 e. The molecule has 2 saturated carbocycles. The summed E-state index contributed by atoms with van der Waals surface area (Å²) in [6.07, 6.45) is 5.83. The highest BCUT2D eigenvalue weighted by atomic mass is 16.1. The molecule has 2 N–H and O–H groups in total. The van der Waals surface area contributed by atoms with Crippen LogP contribution in [0.15, 0.2) is 4.79 Å². The van der Waals surface area contributed by atoms with Crippen molar-refractivity contribution in [1.29, 1.82) is 0 Å². The van der Waals surface area contributed by atoms with Crippen LogP contribution in [-0.2, 0) is 11.2 Å². The van der Waals surface area contributed by atoms with E-state index >= 15 is 0 Å². The van der Waals surface area contributed by atoms with Gasteiger partial charge in [0.1, 0.15) is 5.82 Å². The van der Waals surface area contributed by atoms with E-state index in [-0.39, 0.29) is 11.5 Å². The first kappa shape index (κ1) is 14.3. The van der Waals surface area contributed by atoms with Crippen molar-refractivity contribution in [3.05, 3.63) is 27.4 Å². The molecule has 0 spiro atoms. The van der Waals surface area contributed by atoms with Crippen molar-refractivity contribution in [2.45, 2.75) is 58.4 Å². The van der Waals surface area contributed by atoms with E-state index in [4.69, 9.17) is 0 Å². The molecule has 0 bridgehead atoms. The molecule has 21 heavy (non-hydrogen) atoms. The van der Waals surface area contributed by atoms with E-state index in [1.54, 1.807) is 6.92 Å². The van der Waals surface area contributed by atoms with Gasteiger partial charge in [-0.05, 0) is 57.8 Å². The maximum Gasteiger partial charge on any atom is 0.254 e. The number of nitrogens with one attached hydrogen (secondary N) is 2. The van der Waals surface area contributed by atoms with Crippen LogP contribution in [0.25, 0.3) is 0 Å². The summed E-state index contributed by atoms with van der Waals surface area (Å²) in [6, 6.07) is 0.382. The first-order chi connectivity index (χ1) is 10.0. The highest BCUT2D eigenvalue weighted by Gasteiger charge is 2.42. The van der Waals surface area contributed by atoms with Crippen LogP contribution in [0.4, 0.5) is 0 Å². The third-order valence-electron chi connectivity index (χ3n) is 4.53. The van der Waals surface area contributed by atoms with Crippen LogP contribution in [0, 0.1) is 25.7 Å². The predicted molar refractivity (Wildman–Crippen MR) is 80.0 cm³/mol. The molecule has 1 aromatic heterocycles. The fraction of sp³-hybridized carbons (Fsp3) is 0.688. The number of amides is 1. The lowest BCUT2D eigenvalue weighted by Gasteiger charge is -2.17. The van der Waals surface area contributed by atoms with E-state index in [0.29, 0.717) is 42.1 Å². The Bertz CT molecular complexity index is 588. The number of hydrogen-bond acceptors (Lipinski definition) is 3. The molecule has 0 unspecified atom stereocenters. The maximum absolute atomic E-state index is 12.1. The Labute approximate surface area is 124 Å². The highest BCUT2D eigenvalue weighted by molar-refractivity contribution is 5.76. The second-order valence-corrected chi connectivity index (χ2v) is 6.48. The van der Waals surface area contributed by atoms with Gasteiger partial charge in [-0.15, -0.1) is 0 Å². The molecule has 0 aromatic carbocycles. The summed E-state index contributed by atoms with van der Waals surface area (Å²) in [7, 11) is 0. The summed E-state index contributed by atoms with van der Waals surface area (Å²) < 4.78 is 0. The van der Waals surface area contributed by atoms with Crippen molar-refractivity contribution < 1.29 is 4.79 Å². The Morgan fingerprint density at radius 1 is 1.29 bits per heavy atom. The van der Waals surface area contributed by atoms with E-state index < -0.39 is 0 Å². The number of carbonyl (C=O) groups is 1. The molecule has 2 aliphatic carbocycles. The van der Waals surface area contributed by atoms with Gasteiger partial charge in [0.15, 0.2) is 0 Å². The lowest BCUT2D eigenvalue weighted by atomic mass is 10.1. The van der Waals surface area contributed by atoms with Crippen LogP contribution in [-0.4, -0.2) is 21.9 Å².